The molecule has 1 aliphatic rings. The zero-order valence-corrected chi connectivity index (χ0v) is 8.51. The van der Waals surface area contributed by atoms with E-state index in [-0.39, 0.29) is 0 Å². The molecule has 0 aliphatic carbocycles. The summed E-state index contributed by atoms with van der Waals surface area (Å²) in [5.74, 6) is 0. The van der Waals surface area contributed by atoms with Gasteiger partial charge in [0.15, 0.2) is 10.4 Å². The van der Waals surface area contributed by atoms with Gasteiger partial charge >= 0.3 is 6.01 Å². The minimum atomic E-state index is 0.619. The zero-order valence-electron chi connectivity index (χ0n) is 7.69. The summed E-state index contributed by atoms with van der Waals surface area (Å²) < 4.78 is 5.52. The summed E-state index contributed by atoms with van der Waals surface area (Å²) in [6.45, 7) is 2.16. The third kappa shape index (κ3) is 1.38. The molecule has 0 radical (unpaired) electrons. The number of hydrogen-bond donors (Lipinski definition) is 1. The molecular formula is C9H11N3OS. The molecule has 4 nitrogen and oxygen atoms in total. The van der Waals surface area contributed by atoms with Crippen LogP contribution in [0.25, 0.3) is 10.4 Å². The highest BCUT2D eigenvalue weighted by Crippen LogP contribution is 2.24. The van der Waals surface area contributed by atoms with Crippen LogP contribution in [-0.4, -0.2) is 23.1 Å². The predicted molar refractivity (Wildman–Crippen MR) is 56.3 cm³/mol. The number of fused-ring (bicyclic) bond motifs is 1. The van der Waals surface area contributed by atoms with Gasteiger partial charge in [-0.3, -0.25) is 5.43 Å². The summed E-state index contributed by atoms with van der Waals surface area (Å²) in [6.07, 6.45) is 2.50. The first-order valence-corrected chi connectivity index (χ1v) is 5.65. The Bertz CT molecular complexity index is 401. The van der Waals surface area contributed by atoms with Gasteiger partial charge in [0, 0.05) is 13.1 Å². The van der Waals surface area contributed by atoms with E-state index in [4.69, 9.17) is 4.42 Å². The smallest absolute Gasteiger partial charge is 0.311 e. The van der Waals surface area contributed by atoms with Gasteiger partial charge in [0.2, 0.25) is 0 Å². The fourth-order valence-electron chi connectivity index (χ4n) is 1.68. The van der Waals surface area contributed by atoms with E-state index in [1.807, 2.05) is 11.4 Å². The molecule has 1 saturated heterocycles. The van der Waals surface area contributed by atoms with E-state index in [0.29, 0.717) is 6.01 Å². The molecular weight excluding hydrogens is 198 g/mol. The SMILES string of the molecule is c1cc2oc(NN3CCCC3)nc2s1. The van der Waals surface area contributed by atoms with Crippen molar-refractivity contribution in [3.8, 4) is 0 Å². The standard InChI is InChI=1S/C9H11N3OS/c1-2-5-12(4-1)11-9-10-8-7(13-9)3-6-14-8/h3,6H,1-2,4-5H2,(H,10,11). The fourth-order valence-corrected chi connectivity index (χ4v) is 2.36. The molecule has 0 saturated carbocycles. The Balaban J connectivity index is 1.80. The maximum absolute atomic E-state index is 5.52. The van der Waals surface area contributed by atoms with Crippen LogP contribution >= 0.6 is 11.3 Å². The Kier molecular flexibility index (Phi) is 1.92. The van der Waals surface area contributed by atoms with Gasteiger partial charge in [-0.1, -0.05) is 0 Å². The van der Waals surface area contributed by atoms with Gasteiger partial charge in [-0.25, -0.2) is 5.01 Å². The number of aromatic nitrogens is 1. The van der Waals surface area contributed by atoms with Crippen molar-refractivity contribution in [1.29, 1.82) is 0 Å². The molecule has 0 amide bonds. The normalized spacial score (nSPS) is 18.0. The molecule has 0 unspecified atom stereocenters. The number of nitrogens with one attached hydrogen (secondary N) is 1. The van der Waals surface area contributed by atoms with Crippen molar-refractivity contribution in [3.05, 3.63) is 11.4 Å². The van der Waals surface area contributed by atoms with Gasteiger partial charge in [-0.05, 0) is 24.3 Å². The Morgan fingerprint density at radius 2 is 2.29 bits per heavy atom. The van der Waals surface area contributed by atoms with E-state index in [2.05, 4.69) is 15.4 Å². The van der Waals surface area contributed by atoms with Crippen molar-refractivity contribution in [3.63, 3.8) is 0 Å². The first-order chi connectivity index (χ1) is 6.92. The maximum Gasteiger partial charge on any atom is 0.311 e. The molecule has 3 heterocycles. The molecule has 5 heteroatoms. The number of rotatable bonds is 2. The Hall–Kier alpha value is -1.07. The largest absolute Gasteiger partial charge is 0.422 e. The maximum atomic E-state index is 5.52. The van der Waals surface area contributed by atoms with Crippen LogP contribution in [0.1, 0.15) is 12.8 Å². The molecule has 74 valence electrons. The molecule has 3 rings (SSSR count). The van der Waals surface area contributed by atoms with Crippen molar-refractivity contribution in [1.82, 2.24) is 9.99 Å². The highest BCUT2D eigenvalue weighted by molar-refractivity contribution is 7.16. The Morgan fingerprint density at radius 3 is 3.07 bits per heavy atom. The molecule has 0 spiro atoms. The van der Waals surface area contributed by atoms with E-state index < -0.39 is 0 Å². The molecule has 14 heavy (non-hydrogen) atoms. The average molecular weight is 209 g/mol. The van der Waals surface area contributed by atoms with Crippen LogP contribution in [-0.2, 0) is 0 Å². The van der Waals surface area contributed by atoms with Crippen LogP contribution in [0.5, 0.6) is 0 Å². The Labute approximate surface area is 85.5 Å². The monoisotopic (exact) mass is 209 g/mol. The number of nitrogens with zero attached hydrogens (tertiary/aromatic N) is 2. The lowest BCUT2D eigenvalue weighted by Crippen LogP contribution is -2.26. The topological polar surface area (TPSA) is 41.3 Å². The van der Waals surface area contributed by atoms with Crippen LogP contribution in [0.2, 0.25) is 0 Å². The lowest BCUT2D eigenvalue weighted by Gasteiger charge is -2.13. The van der Waals surface area contributed by atoms with Gasteiger partial charge in [-0.15, -0.1) is 11.3 Å². The average Bonchev–Trinajstić information content (AvgIpc) is 2.78. The second-order valence-corrected chi connectivity index (χ2v) is 4.31. The summed E-state index contributed by atoms with van der Waals surface area (Å²) in [6, 6.07) is 2.57. The highest BCUT2D eigenvalue weighted by atomic mass is 32.1. The van der Waals surface area contributed by atoms with Gasteiger partial charge in [0.1, 0.15) is 0 Å². The molecule has 0 bridgehead atoms. The summed E-state index contributed by atoms with van der Waals surface area (Å²) in [5, 5.41) is 4.14. The fraction of sp³-hybridized carbons (Fsp3) is 0.444. The third-order valence-corrected chi connectivity index (χ3v) is 3.17. The lowest BCUT2D eigenvalue weighted by atomic mass is 10.4. The van der Waals surface area contributed by atoms with E-state index >= 15 is 0 Å². The van der Waals surface area contributed by atoms with E-state index in [0.717, 1.165) is 23.5 Å². The minimum Gasteiger partial charge on any atom is -0.422 e. The molecule has 1 aliphatic heterocycles. The molecule has 1 N–H and O–H groups in total. The van der Waals surface area contributed by atoms with Gasteiger partial charge in [0.25, 0.3) is 0 Å². The number of hydrazine groups is 1. The lowest BCUT2D eigenvalue weighted by molar-refractivity contribution is 0.389. The van der Waals surface area contributed by atoms with Crippen LogP contribution in [0.4, 0.5) is 6.01 Å². The second-order valence-electron chi connectivity index (χ2n) is 3.41. The van der Waals surface area contributed by atoms with Crippen LogP contribution in [0.15, 0.2) is 15.9 Å². The summed E-state index contributed by atoms with van der Waals surface area (Å²) in [7, 11) is 0. The molecule has 0 atom stereocenters. The van der Waals surface area contributed by atoms with Crippen LogP contribution in [0, 0.1) is 0 Å². The molecule has 2 aromatic heterocycles. The highest BCUT2D eigenvalue weighted by Gasteiger charge is 2.14. The number of thiophene rings is 1. The van der Waals surface area contributed by atoms with Crippen molar-refractivity contribution < 1.29 is 4.42 Å². The minimum absolute atomic E-state index is 0.619. The second kappa shape index (κ2) is 3.25. The van der Waals surface area contributed by atoms with Crippen LogP contribution in [0.3, 0.4) is 0 Å². The third-order valence-electron chi connectivity index (χ3n) is 2.38. The van der Waals surface area contributed by atoms with E-state index in [1.54, 1.807) is 11.3 Å². The predicted octanol–water partition coefficient (Wildman–Crippen LogP) is 2.31. The summed E-state index contributed by atoms with van der Waals surface area (Å²) >= 11 is 1.60. The quantitative estimate of drug-likeness (QED) is 0.824. The van der Waals surface area contributed by atoms with Gasteiger partial charge in [0.05, 0.1) is 0 Å². The molecule has 2 aromatic rings. The summed E-state index contributed by atoms with van der Waals surface area (Å²) in [4.78, 5) is 5.30. The van der Waals surface area contributed by atoms with Gasteiger partial charge < -0.3 is 4.42 Å². The van der Waals surface area contributed by atoms with Gasteiger partial charge in [-0.2, -0.15) is 4.98 Å². The van der Waals surface area contributed by atoms with Crippen LogP contribution < -0.4 is 5.43 Å². The first-order valence-electron chi connectivity index (χ1n) is 4.77. The number of anilines is 1. The van der Waals surface area contributed by atoms with Crippen molar-refractivity contribution >= 4 is 27.8 Å². The number of hydrogen-bond acceptors (Lipinski definition) is 5. The van der Waals surface area contributed by atoms with Crippen molar-refractivity contribution in [2.24, 2.45) is 0 Å². The Morgan fingerprint density at radius 1 is 1.43 bits per heavy atom. The summed E-state index contributed by atoms with van der Waals surface area (Å²) in [5.41, 5.74) is 4.05. The zero-order chi connectivity index (χ0) is 9.38. The van der Waals surface area contributed by atoms with E-state index in [9.17, 15) is 0 Å². The first kappa shape index (κ1) is 8.26. The van der Waals surface area contributed by atoms with Crippen molar-refractivity contribution in [2.45, 2.75) is 12.8 Å². The molecule has 0 aromatic carbocycles. The van der Waals surface area contributed by atoms with Crippen molar-refractivity contribution in [2.75, 3.05) is 18.5 Å². The van der Waals surface area contributed by atoms with E-state index in [1.165, 1.54) is 12.8 Å². The molecule has 1 fully saturated rings. The number of oxazole rings is 1.